The molecule has 0 fully saturated rings. The molecule has 0 aromatic heterocycles. The Bertz CT molecular complexity index is 564. The van der Waals surface area contributed by atoms with E-state index in [1.165, 1.54) is 0 Å². The predicted molar refractivity (Wildman–Crippen MR) is 81.8 cm³/mol. The fourth-order valence-corrected chi connectivity index (χ4v) is 3.04. The molecule has 0 amide bonds. The van der Waals surface area contributed by atoms with E-state index in [-0.39, 0.29) is 12.3 Å². The number of benzene rings is 1. The van der Waals surface area contributed by atoms with Crippen LogP contribution in [0, 0.1) is 0 Å². The summed E-state index contributed by atoms with van der Waals surface area (Å²) in [6.45, 7) is 8.89. The van der Waals surface area contributed by atoms with Crippen LogP contribution in [0.2, 0.25) is 5.02 Å². The topological polar surface area (TPSA) is 55.8 Å². The molecule has 5 heteroatoms. The Hall–Kier alpha value is -1.42. The number of hydrogen-bond donors (Lipinski definition) is 1. The largest absolute Gasteiger partial charge is 0.486 e. The van der Waals surface area contributed by atoms with Gasteiger partial charge in [-0.05, 0) is 17.5 Å². The van der Waals surface area contributed by atoms with E-state index < -0.39 is 11.4 Å². The highest BCUT2D eigenvalue weighted by Crippen LogP contribution is 2.48. The summed E-state index contributed by atoms with van der Waals surface area (Å²) >= 11 is 6.31. The molecule has 0 radical (unpaired) electrons. The van der Waals surface area contributed by atoms with Crippen molar-refractivity contribution in [1.29, 1.82) is 0 Å². The van der Waals surface area contributed by atoms with Crippen LogP contribution in [0.5, 0.6) is 11.5 Å². The molecule has 0 saturated heterocycles. The zero-order chi connectivity index (χ0) is 15.8. The summed E-state index contributed by atoms with van der Waals surface area (Å²) in [5.74, 6) is 0.584. The third-order valence-corrected chi connectivity index (χ3v) is 3.99. The molecule has 1 aromatic rings. The molecule has 0 spiro atoms. The Morgan fingerprint density at radius 1 is 1.33 bits per heavy atom. The van der Waals surface area contributed by atoms with Crippen molar-refractivity contribution in [2.45, 2.75) is 45.4 Å². The van der Waals surface area contributed by atoms with Crippen molar-refractivity contribution in [3.8, 4) is 11.5 Å². The second kappa shape index (κ2) is 5.76. The quantitative estimate of drug-likeness (QED) is 0.913. The van der Waals surface area contributed by atoms with Crippen LogP contribution in [-0.4, -0.2) is 24.3 Å². The number of carboxylic acids is 1. The van der Waals surface area contributed by atoms with E-state index in [1.807, 2.05) is 19.9 Å². The molecule has 0 aliphatic carbocycles. The second-order valence-electron chi connectivity index (χ2n) is 6.28. The third kappa shape index (κ3) is 3.10. The van der Waals surface area contributed by atoms with Crippen molar-refractivity contribution in [1.82, 2.24) is 0 Å². The first-order valence-electron chi connectivity index (χ1n) is 7.08. The fraction of sp³-hybridized carbons (Fsp3) is 0.562. The van der Waals surface area contributed by atoms with E-state index in [0.29, 0.717) is 29.7 Å². The molecule has 2 rings (SSSR count). The third-order valence-electron chi connectivity index (χ3n) is 3.70. The van der Waals surface area contributed by atoms with Gasteiger partial charge in [-0.3, -0.25) is 4.79 Å². The lowest BCUT2D eigenvalue weighted by Crippen LogP contribution is -2.26. The van der Waals surface area contributed by atoms with Crippen LogP contribution >= 0.6 is 11.6 Å². The fourth-order valence-electron chi connectivity index (χ4n) is 2.79. The Morgan fingerprint density at radius 3 is 2.43 bits per heavy atom. The van der Waals surface area contributed by atoms with Crippen molar-refractivity contribution in [3.05, 3.63) is 22.2 Å². The molecule has 1 aliphatic rings. The van der Waals surface area contributed by atoms with Crippen LogP contribution in [0.3, 0.4) is 0 Å². The summed E-state index contributed by atoms with van der Waals surface area (Å²) in [5, 5.41) is 9.63. The minimum atomic E-state index is -0.833. The van der Waals surface area contributed by atoms with Crippen LogP contribution in [0.15, 0.2) is 6.07 Å². The van der Waals surface area contributed by atoms with Gasteiger partial charge in [-0.1, -0.05) is 39.3 Å². The van der Waals surface area contributed by atoms with Crippen LogP contribution < -0.4 is 9.47 Å². The van der Waals surface area contributed by atoms with Gasteiger partial charge in [-0.2, -0.15) is 0 Å². The van der Waals surface area contributed by atoms with E-state index in [2.05, 4.69) is 13.8 Å². The number of carbonyl (C=O) groups is 1. The molecular formula is C16H21ClO4. The number of aliphatic carboxylic acids is 1. The van der Waals surface area contributed by atoms with Gasteiger partial charge in [0.05, 0.1) is 11.4 Å². The van der Waals surface area contributed by atoms with Gasteiger partial charge in [0.15, 0.2) is 11.5 Å². The lowest BCUT2D eigenvalue weighted by molar-refractivity contribution is -0.138. The SMILES string of the molecule is CC(C)c1c(C(C)(C)CC(=O)O)cc(Cl)c2c1OCCO2. The van der Waals surface area contributed by atoms with Crippen molar-refractivity contribution in [2.75, 3.05) is 13.2 Å². The van der Waals surface area contributed by atoms with Gasteiger partial charge in [0.1, 0.15) is 13.2 Å². The number of halogens is 1. The number of ether oxygens (including phenoxy) is 2. The number of fused-ring (bicyclic) bond motifs is 1. The van der Waals surface area contributed by atoms with Crippen LogP contribution in [-0.2, 0) is 10.2 Å². The first-order valence-corrected chi connectivity index (χ1v) is 7.46. The smallest absolute Gasteiger partial charge is 0.304 e. The zero-order valence-electron chi connectivity index (χ0n) is 12.8. The molecule has 0 bridgehead atoms. The van der Waals surface area contributed by atoms with Crippen molar-refractivity contribution in [3.63, 3.8) is 0 Å². The molecule has 1 aromatic carbocycles. The average Bonchev–Trinajstić information content (AvgIpc) is 2.36. The van der Waals surface area contributed by atoms with Gasteiger partial charge >= 0.3 is 5.97 Å². The summed E-state index contributed by atoms with van der Waals surface area (Å²) in [6, 6.07) is 1.83. The van der Waals surface area contributed by atoms with Crippen LogP contribution in [0.25, 0.3) is 0 Å². The Labute approximate surface area is 130 Å². The van der Waals surface area contributed by atoms with Crippen molar-refractivity contribution in [2.24, 2.45) is 0 Å². The van der Waals surface area contributed by atoms with E-state index in [1.54, 1.807) is 0 Å². The molecule has 1 N–H and O–H groups in total. The minimum Gasteiger partial charge on any atom is -0.486 e. The molecular weight excluding hydrogens is 292 g/mol. The molecule has 116 valence electrons. The molecule has 1 aliphatic heterocycles. The van der Waals surface area contributed by atoms with Gasteiger partial charge in [0.25, 0.3) is 0 Å². The van der Waals surface area contributed by atoms with Gasteiger partial charge in [-0.15, -0.1) is 0 Å². The van der Waals surface area contributed by atoms with E-state index in [9.17, 15) is 4.79 Å². The van der Waals surface area contributed by atoms with Gasteiger partial charge in [0.2, 0.25) is 0 Å². The molecule has 0 saturated carbocycles. The first-order chi connectivity index (χ1) is 9.74. The Morgan fingerprint density at radius 2 is 1.90 bits per heavy atom. The molecule has 21 heavy (non-hydrogen) atoms. The van der Waals surface area contributed by atoms with Crippen molar-refractivity contribution >= 4 is 17.6 Å². The van der Waals surface area contributed by atoms with Gasteiger partial charge in [-0.25, -0.2) is 0 Å². The monoisotopic (exact) mass is 312 g/mol. The number of hydrogen-bond acceptors (Lipinski definition) is 3. The van der Waals surface area contributed by atoms with Gasteiger partial charge < -0.3 is 14.6 Å². The normalized spacial score (nSPS) is 14.4. The summed E-state index contributed by atoms with van der Waals surface area (Å²) in [6.07, 6.45) is 0.0304. The van der Waals surface area contributed by atoms with E-state index in [0.717, 1.165) is 11.1 Å². The maximum atomic E-state index is 11.2. The minimum absolute atomic E-state index is 0.0304. The van der Waals surface area contributed by atoms with Crippen LogP contribution in [0.1, 0.15) is 51.2 Å². The molecule has 1 heterocycles. The highest BCUT2D eigenvalue weighted by atomic mass is 35.5. The zero-order valence-corrected chi connectivity index (χ0v) is 13.6. The highest BCUT2D eigenvalue weighted by Gasteiger charge is 2.33. The molecule has 4 nitrogen and oxygen atoms in total. The van der Waals surface area contributed by atoms with Gasteiger partial charge in [0, 0.05) is 11.0 Å². The standard InChI is InChI=1S/C16H21ClO4/c1-9(2)13-10(16(3,4)8-12(18)19)7-11(17)14-15(13)21-6-5-20-14/h7,9H,5-6,8H2,1-4H3,(H,18,19). The van der Waals surface area contributed by atoms with E-state index in [4.69, 9.17) is 26.2 Å². The Kier molecular flexibility index (Phi) is 4.38. The molecule has 0 unspecified atom stereocenters. The number of carboxylic acid groups (broad SMARTS) is 1. The molecule has 0 atom stereocenters. The summed E-state index contributed by atoms with van der Waals surface area (Å²) in [7, 11) is 0. The maximum Gasteiger partial charge on any atom is 0.304 e. The summed E-state index contributed by atoms with van der Waals surface area (Å²) in [4.78, 5) is 11.2. The van der Waals surface area contributed by atoms with Crippen LogP contribution in [0.4, 0.5) is 0 Å². The second-order valence-corrected chi connectivity index (χ2v) is 6.69. The summed E-state index contributed by atoms with van der Waals surface area (Å²) < 4.78 is 11.4. The highest BCUT2D eigenvalue weighted by molar-refractivity contribution is 6.32. The Balaban J connectivity index is 2.65. The van der Waals surface area contributed by atoms with Crippen molar-refractivity contribution < 1.29 is 19.4 Å². The number of rotatable bonds is 4. The summed E-state index contributed by atoms with van der Waals surface area (Å²) in [5.41, 5.74) is 1.36. The lowest BCUT2D eigenvalue weighted by atomic mass is 9.76. The predicted octanol–water partition coefficient (Wildman–Crippen LogP) is 3.99. The lowest BCUT2D eigenvalue weighted by Gasteiger charge is -2.32. The average molecular weight is 313 g/mol. The maximum absolute atomic E-state index is 11.2. The van der Waals surface area contributed by atoms with E-state index >= 15 is 0 Å². The first kappa shape index (κ1) is 16.0.